The van der Waals surface area contributed by atoms with Crippen molar-refractivity contribution < 1.29 is 4.79 Å². The first-order chi connectivity index (χ1) is 9.24. The van der Waals surface area contributed by atoms with E-state index in [0.29, 0.717) is 18.5 Å². The number of carbonyl (C=O) groups excluding carboxylic acids is 1. The van der Waals surface area contributed by atoms with E-state index in [1.54, 1.807) is 0 Å². The third-order valence-electron chi connectivity index (χ3n) is 4.72. The summed E-state index contributed by atoms with van der Waals surface area (Å²) in [6.45, 7) is 5.68. The summed E-state index contributed by atoms with van der Waals surface area (Å²) >= 11 is 0. The van der Waals surface area contributed by atoms with E-state index in [1.807, 2.05) is 0 Å². The van der Waals surface area contributed by atoms with Crippen molar-refractivity contribution in [3.05, 3.63) is 0 Å². The molecule has 2 aliphatic rings. The second-order valence-corrected chi connectivity index (χ2v) is 6.04. The van der Waals surface area contributed by atoms with Crippen LogP contribution < -0.4 is 5.73 Å². The van der Waals surface area contributed by atoms with Gasteiger partial charge in [-0.15, -0.1) is 0 Å². The summed E-state index contributed by atoms with van der Waals surface area (Å²) in [6.07, 6.45) is 8.48. The predicted octanol–water partition coefficient (Wildman–Crippen LogP) is 1.59. The molecule has 19 heavy (non-hydrogen) atoms. The highest BCUT2D eigenvalue weighted by Gasteiger charge is 2.31. The van der Waals surface area contributed by atoms with Crippen LogP contribution in [0, 0.1) is 0 Å². The summed E-state index contributed by atoms with van der Waals surface area (Å²) in [6, 6.07) is 0.409. The van der Waals surface area contributed by atoms with Gasteiger partial charge in [0.2, 0.25) is 5.91 Å². The third kappa shape index (κ3) is 3.69. The average molecular weight is 267 g/mol. The van der Waals surface area contributed by atoms with Crippen LogP contribution in [0.25, 0.3) is 0 Å². The van der Waals surface area contributed by atoms with E-state index in [2.05, 4.69) is 16.7 Å². The molecular weight excluding hydrogens is 238 g/mol. The van der Waals surface area contributed by atoms with Gasteiger partial charge in [0, 0.05) is 25.7 Å². The molecule has 2 fully saturated rings. The first-order valence-electron chi connectivity index (χ1n) is 7.98. The Kier molecular flexibility index (Phi) is 5.64. The Bertz CT molecular complexity index is 287. The number of rotatable bonds is 3. The van der Waals surface area contributed by atoms with Crippen LogP contribution in [0.2, 0.25) is 0 Å². The normalized spacial score (nSPS) is 27.9. The van der Waals surface area contributed by atoms with Gasteiger partial charge in [0.25, 0.3) is 0 Å². The summed E-state index contributed by atoms with van der Waals surface area (Å²) in [5.74, 6) is 0.322. The van der Waals surface area contributed by atoms with Crippen LogP contribution >= 0.6 is 0 Å². The van der Waals surface area contributed by atoms with Crippen molar-refractivity contribution in [2.24, 2.45) is 5.73 Å². The molecule has 2 rings (SSSR count). The van der Waals surface area contributed by atoms with Crippen molar-refractivity contribution in [2.75, 3.05) is 26.2 Å². The van der Waals surface area contributed by atoms with Crippen LogP contribution in [0.1, 0.15) is 51.9 Å². The molecule has 0 aromatic heterocycles. The van der Waals surface area contributed by atoms with E-state index in [-0.39, 0.29) is 6.04 Å². The summed E-state index contributed by atoms with van der Waals surface area (Å²) in [7, 11) is 0. The summed E-state index contributed by atoms with van der Waals surface area (Å²) in [5.41, 5.74) is 5.87. The van der Waals surface area contributed by atoms with Gasteiger partial charge in [-0.05, 0) is 39.2 Å². The monoisotopic (exact) mass is 267 g/mol. The van der Waals surface area contributed by atoms with Gasteiger partial charge in [-0.1, -0.05) is 19.3 Å². The van der Waals surface area contributed by atoms with Gasteiger partial charge in [-0.3, -0.25) is 9.69 Å². The van der Waals surface area contributed by atoms with E-state index in [9.17, 15) is 4.79 Å². The van der Waals surface area contributed by atoms with Gasteiger partial charge in [-0.2, -0.15) is 0 Å². The van der Waals surface area contributed by atoms with E-state index < -0.39 is 0 Å². The first kappa shape index (κ1) is 14.8. The second kappa shape index (κ2) is 7.25. The van der Waals surface area contributed by atoms with Crippen molar-refractivity contribution in [1.29, 1.82) is 0 Å². The van der Waals surface area contributed by atoms with Crippen LogP contribution in [0.15, 0.2) is 0 Å². The number of hydrogen-bond acceptors (Lipinski definition) is 3. The number of hydrogen-bond donors (Lipinski definition) is 1. The summed E-state index contributed by atoms with van der Waals surface area (Å²) < 4.78 is 0. The van der Waals surface area contributed by atoms with Crippen LogP contribution in [-0.2, 0) is 4.79 Å². The maximum atomic E-state index is 12.7. The molecule has 0 aromatic rings. The molecule has 0 radical (unpaired) electrons. The Morgan fingerprint density at radius 2 is 1.74 bits per heavy atom. The fourth-order valence-electron chi connectivity index (χ4n) is 3.48. The minimum Gasteiger partial charge on any atom is -0.341 e. The fraction of sp³-hybridized carbons (Fsp3) is 0.933. The van der Waals surface area contributed by atoms with Crippen LogP contribution in [0.3, 0.4) is 0 Å². The lowest BCUT2D eigenvalue weighted by molar-refractivity contribution is -0.137. The molecule has 2 atom stereocenters. The molecule has 1 amide bonds. The lowest BCUT2D eigenvalue weighted by atomic mass is 9.99. The highest BCUT2D eigenvalue weighted by molar-refractivity contribution is 5.81. The van der Waals surface area contributed by atoms with Gasteiger partial charge in [-0.25, -0.2) is 0 Å². The largest absolute Gasteiger partial charge is 0.341 e. The zero-order chi connectivity index (χ0) is 13.7. The Morgan fingerprint density at radius 1 is 1.11 bits per heavy atom. The number of amides is 1. The molecule has 2 heterocycles. The first-order valence-corrected chi connectivity index (χ1v) is 7.98. The molecule has 2 unspecified atom stereocenters. The Balaban J connectivity index is 1.96. The molecule has 2 N–H and O–H groups in total. The van der Waals surface area contributed by atoms with E-state index >= 15 is 0 Å². The van der Waals surface area contributed by atoms with Crippen LogP contribution in [-0.4, -0.2) is 54.0 Å². The Hall–Kier alpha value is -0.610. The van der Waals surface area contributed by atoms with Crippen LogP contribution in [0.5, 0.6) is 0 Å². The zero-order valence-electron chi connectivity index (χ0n) is 12.3. The minimum absolute atomic E-state index is 0.00644. The maximum Gasteiger partial charge on any atom is 0.239 e. The lowest BCUT2D eigenvalue weighted by Gasteiger charge is -2.40. The van der Waals surface area contributed by atoms with Crippen molar-refractivity contribution in [1.82, 2.24) is 9.80 Å². The average Bonchev–Trinajstić information content (AvgIpc) is 2.74. The number of piperidine rings is 1. The molecule has 4 heteroatoms. The Morgan fingerprint density at radius 3 is 2.37 bits per heavy atom. The fourth-order valence-corrected chi connectivity index (χ4v) is 3.48. The number of nitrogens with zero attached hydrogens (tertiary/aromatic N) is 2. The SMILES string of the molecule is CC(C(=O)N1CCCCCC1)N1CCCCC1CN. The van der Waals surface area contributed by atoms with Gasteiger partial charge < -0.3 is 10.6 Å². The van der Waals surface area contributed by atoms with Crippen molar-refractivity contribution in [3.8, 4) is 0 Å². The maximum absolute atomic E-state index is 12.7. The molecule has 0 saturated carbocycles. The zero-order valence-corrected chi connectivity index (χ0v) is 12.3. The summed E-state index contributed by atoms with van der Waals surface area (Å²) in [5, 5.41) is 0. The van der Waals surface area contributed by atoms with Gasteiger partial charge in [0.1, 0.15) is 0 Å². The van der Waals surface area contributed by atoms with Crippen molar-refractivity contribution in [2.45, 2.75) is 64.0 Å². The molecule has 0 spiro atoms. The van der Waals surface area contributed by atoms with Crippen molar-refractivity contribution in [3.63, 3.8) is 0 Å². The highest BCUT2D eigenvalue weighted by Crippen LogP contribution is 2.21. The molecule has 0 aromatic carbocycles. The molecule has 0 aliphatic carbocycles. The van der Waals surface area contributed by atoms with Gasteiger partial charge in [0.15, 0.2) is 0 Å². The molecule has 2 saturated heterocycles. The van der Waals surface area contributed by atoms with Crippen molar-refractivity contribution >= 4 is 5.91 Å². The lowest BCUT2D eigenvalue weighted by Crippen LogP contribution is -2.54. The third-order valence-corrected chi connectivity index (χ3v) is 4.72. The second-order valence-electron chi connectivity index (χ2n) is 6.04. The number of likely N-dealkylation sites (tertiary alicyclic amines) is 2. The van der Waals surface area contributed by atoms with E-state index in [1.165, 1.54) is 38.5 Å². The number of nitrogens with two attached hydrogens (primary N) is 1. The van der Waals surface area contributed by atoms with Crippen LogP contribution in [0.4, 0.5) is 0 Å². The number of carbonyl (C=O) groups is 1. The van der Waals surface area contributed by atoms with E-state index in [4.69, 9.17) is 5.73 Å². The van der Waals surface area contributed by atoms with Gasteiger partial charge >= 0.3 is 0 Å². The Labute approximate surface area is 117 Å². The quantitative estimate of drug-likeness (QED) is 0.845. The van der Waals surface area contributed by atoms with E-state index in [0.717, 1.165) is 26.1 Å². The highest BCUT2D eigenvalue weighted by atomic mass is 16.2. The topological polar surface area (TPSA) is 49.6 Å². The molecule has 110 valence electrons. The standard InChI is InChI=1S/C15H29N3O/c1-13(18-11-7-4-8-14(18)12-16)15(19)17-9-5-2-3-6-10-17/h13-14H,2-12,16H2,1H3. The molecular formula is C15H29N3O. The van der Waals surface area contributed by atoms with Gasteiger partial charge in [0.05, 0.1) is 6.04 Å². The molecule has 0 bridgehead atoms. The smallest absolute Gasteiger partial charge is 0.239 e. The molecule has 4 nitrogen and oxygen atoms in total. The molecule has 2 aliphatic heterocycles. The predicted molar refractivity (Wildman–Crippen MR) is 77.9 cm³/mol. The summed E-state index contributed by atoms with van der Waals surface area (Å²) in [4.78, 5) is 17.1. The minimum atomic E-state index is 0.00644.